The summed E-state index contributed by atoms with van der Waals surface area (Å²) in [5.74, 6) is 0. The summed E-state index contributed by atoms with van der Waals surface area (Å²) in [6.07, 6.45) is 9.36. The summed E-state index contributed by atoms with van der Waals surface area (Å²) in [6.45, 7) is 0. The first-order valence-electron chi connectivity index (χ1n) is 14.1. The van der Waals surface area contributed by atoms with Gasteiger partial charge in [0.05, 0.1) is 0 Å². The van der Waals surface area contributed by atoms with E-state index in [0.717, 1.165) is 6.39 Å². The first kappa shape index (κ1) is 34.2. The SMILES string of the molecule is BBB(B(B)B)B(B(B=S)B(B(B(B)B)B(B)B)B(B(B)B)B(B)B)B(B(B)B)B(B)B. The predicted molar refractivity (Wildman–Crippen MR) is 229 cm³/mol. The average molecular weight is 398 g/mol. The quantitative estimate of drug-likeness (QED) is 0.247. The van der Waals surface area contributed by atoms with E-state index < -0.39 is 0 Å². The standard InChI is InChI=1S/B31H31S/c1-16-25(18(2)3)30(27(19(4)5)20(6)7)26(17-32)31(28(21(8)9)22(10)11)29(23(12)13)24(14)15/h16H,1-15H2. The Morgan fingerprint density at radius 2 is 0.719 bits per heavy atom. The molecule has 0 aromatic rings. The van der Waals surface area contributed by atoms with Crippen LogP contribution in [-0.4, -0.2) is 219 Å². The molecule has 0 fully saturated rings. The first-order chi connectivity index (χ1) is 14.6. The molecule has 0 nitrogen and oxygen atoms in total. The van der Waals surface area contributed by atoms with Crippen LogP contribution in [0.1, 0.15) is 0 Å². The van der Waals surface area contributed by atoms with Gasteiger partial charge < -0.3 is 0 Å². The van der Waals surface area contributed by atoms with Gasteiger partial charge in [0.15, 0.2) is 0 Å². The molecule has 0 amide bonds. The minimum atomic E-state index is 0.497. The minimum absolute atomic E-state index is 0.497. The Bertz CT molecular complexity index is 455. The van der Waals surface area contributed by atoms with Crippen LogP contribution in [0.4, 0.5) is 0 Å². The fourth-order valence-corrected chi connectivity index (χ4v) is 8.56. The van der Waals surface area contributed by atoms with Gasteiger partial charge in [-0.25, -0.2) is 0 Å². The molecule has 0 rings (SSSR count). The molecule has 0 radical (unpaired) electrons. The van der Waals surface area contributed by atoms with E-state index in [4.69, 9.17) is 12.1 Å². The van der Waals surface area contributed by atoms with Crippen LogP contribution in [0.15, 0.2) is 0 Å². The maximum absolute atomic E-state index is 6.03. The average Bonchev–Trinajstić information content (AvgIpc) is 2.60. The fraction of sp³-hybridized carbons (Fsp3) is 0. The van der Waals surface area contributed by atoms with Gasteiger partial charge in [0.1, 0.15) is 0 Å². The Hall–Kier alpha value is 2.23. The van der Waals surface area contributed by atoms with Crippen LogP contribution in [0.5, 0.6) is 0 Å². The Morgan fingerprint density at radius 3 is 0.906 bits per heavy atom. The normalized spacial score (nSPS) is 9.25. The van der Waals surface area contributed by atoms with Gasteiger partial charge >= 0.3 is 231 Å². The topological polar surface area (TPSA) is 0 Å². The Kier molecular flexibility index (Phi) is 17.3. The Labute approximate surface area is 229 Å². The molecule has 0 saturated heterocycles. The Balaban J connectivity index is 7.14. The molecular formula is H31B31S. The summed E-state index contributed by atoms with van der Waals surface area (Å²) in [6, 6.07) is 2.27. The third kappa shape index (κ3) is 9.27. The van der Waals surface area contributed by atoms with Crippen molar-refractivity contribution in [1.82, 2.24) is 0 Å². The van der Waals surface area contributed by atoms with Gasteiger partial charge in [-0.05, 0) is 0 Å². The molecular weight excluding hydrogens is 367 g/mol. The predicted octanol–water partition coefficient (Wildman–Crippen LogP) is -19.5. The van der Waals surface area contributed by atoms with Crippen molar-refractivity contribution >= 4 is 231 Å². The number of hydrogen-bond acceptors (Lipinski definition) is 1. The van der Waals surface area contributed by atoms with Crippen LogP contribution in [-0.2, 0) is 0 Å². The summed E-state index contributed by atoms with van der Waals surface area (Å²) >= 11 is 6.03. The summed E-state index contributed by atoms with van der Waals surface area (Å²) < 4.78 is 0. The van der Waals surface area contributed by atoms with Crippen LogP contribution >= 0.6 is 12.1 Å². The second kappa shape index (κ2) is 16.2. The van der Waals surface area contributed by atoms with Gasteiger partial charge in [0.25, 0.3) is 0 Å². The Morgan fingerprint density at radius 1 is 0.438 bits per heavy atom. The molecule has 0 aliphatic heterocycles. The van der Waals surface area contributed by atoms with Crippen LogP contribution in [0.2, 0.25) is 0 Å². The molecule has 0 saturated carbocycles. The zero-order valence-corrected chi connectivity index (χ0v) is 25.6. The van der Waals surface area contributed by atoms with Crippen molar-refractivity contribution in [1.29, 1.82) is 0 Å². The first-order valence-corrected chi connectivity index (χ1v) is 14.6. The molecule has 130 valence electrons. The van der Waals surface area contributed by atoms with Crippen LogP contribution < -0.4 is 0 Å². The van der Waals surface area contributed by atoms with Gasteiger partial charge in [0, 0.05) is 0 Å². The number of rotatable bonds is 15. The molecule has 32 heteroatoms. The molecule has 0 spiro atoms. The second-order valence-electron chi connectivity index (χ2n) is 13.4. The molecule has 0 N–H and O–H groups in total. The van der Waals surface area contributed by atoms with Gasteiger partial charge in [-0.1, -0.05) is 0 Å². The molecule has 0 unspecified atom stereocenters. The van der Waals surface area contributed by atoms with Crippen LogP contribution in [0, 0.1) is 0 Å². The molecule has 0 heterocycles. The van der Waals surface area contributed by atoms with E-state index in [1.165, 1.54) is 7.06 Å². The zero-order valence-electron chi connectivity index (χ0n) is 24.8. The molecule has 0 bridgehead atoms. The van der Waals surface area contributed by atoms with Gasteiger partial charge in [-0.2, -0.15) is 0 Å². The van der Waals surface area contributed by atoms with Crippen molar-refractivity contribution in [3.63, 3.8) is 0 Å². The summed E-state index contributed by atoms with van der Waals surface area (Å²) in [5.41, 5.74) is 0. The third-order valence-electron chi connectivity index (χ3n) is 8.82. The van der Waals surface area contributed by atoms with Crippen molar-refractivity contribution in [3.8, 4) is 0 Å². The van der Waals surface area contributed by atoms with E-state index in [9.17, 15) is 0 Å². The van der Waals surface area contributed by atoms with E-state index in [1.54, 1.807) is 0 Å². The number of hydrogen-bond donors (Lipinski definition) is 0. The summed E-state index contributed by atoms with van der Waals surface area (Å²) in [7, 11) is 38.2. The summed E-state index contributed by atoms with van der Waals surface area (Å²) in [4.78, 5) is 0. The van der Waals surface area contributed by atoms with Crippen molar-refractivity contribution in [2.45, 2.75) is 0 Å². The van der Waals surface area contributed by atoms with Crippen molar-refractivity contribution in [3.05, 3.63) is 0 Å². The maximum atomic E-state index is 6.03. The van der Waals surface area contributed by atoms with Gasteiger partial charge in [0.2, 0.25) is 0 Å². The van der Waals surface area contributed by atoms with Crippen LogP contribution in [0.3, 0.4) is 0 Å². The van der Waals surface area contributed by atoms with E-state index >= 15 is 0 Å². The van der Waals surface area contributed by atoms with Gasteiger partial charge in [-0.15, -0.1) is 0 Å². The monoisotopic (exact) mass is 405 g/mol. The van der Waals surface area contributed by atoms with E-state index in [2.05, 4.69) is 122 Å². The van der Waals surface area contributed by atoms with Crippen molar-refractivity contribution in [2.75, 3.05) is 0 Å². The zero-order chi connectivity index (χ0) is 25.5. The third-order valence-corrected chi connectivity index (χ3v) is 9.13. The van der Waals surface area contributed by atoms with Crippen LogP contribution in [0.25, 0.3) is 0 Å². The molecule has 0 aliphatic rings. The molecule has 0 aromatic heterocycles. The van der Waals surface area contributed by atoms with E-state index in [1.807, 2.05) is 0 Å². The van der Waals surface area contributed by atoms with Gasteiger partial charge in [-0.3, -0.25) is 0 Å². The summed E-state index contributed by atoms with van der Waals surface area (Å²) in [5, 5.41) is 0. The van der Waals surface area contributed by atoms with Crippen molar-refractivity contribution < 1.29 is 0 Å². The van der Waals surface area contributed by atoms with E-state index in [-0.39, 0.29) is 0 Å². The molecule has 0 aromatic carbocycles. The van der Waals surface area contributed by atoms with E-state index in [0.29, 0.717) is 83.0 Å². The second-order valence-corrected chi connectivity index (χ2v) is 13.7. The van der Waals surface area contributed by atoms with Crippen molar-refractivity contribution in [2.24, 2.45) is 0 Å². The molecule has 32 heavy (non-hydrogen) atoms. The molecule has 0 aliphatic carbocycles. The molecule has 0 atom stereocenters. The fourth-order valence-electron chi connectivity index (χ4n) is 8.20.